The first-order chi connectivity index (χ1) is 13.1. The number of hydrogen-bond acceptors (Lipinski definition) is 3. The average molecular weight is 387 g/mol. The molecule has 0 heterocycles. The van der Waals surface area contributed by atoms with Crippen LogP contribution < -0.4 is 10.6 Å². The molecular formula is C23H34N2O3. The highest BCUT2D eigenvalue weighted by molar-refractivity contribution is 5.74. The topological polar surface area (TPSA) is 78.4 Å². The number of amides is 2. The zero-order valence-corrected chi connectivity index (χ0v) is 17.5. The first kappa shape index (κ1) is 19.7. The van der Waals surface area contributed by atoms with Crippen LogP contribution in [0.25, 0.3) is 0 Å². The van der Waals surface area contributed by atoms with Gasteiger partial charge in [0, 0.05) is 37.3 Å². The monoisotopic (exact) mass is 386 g/mol. The molecule has 0 aromatic rings. The summed E-state index contributed by atoms with van der Waals surface area (Å²) in [5.41, 5.74) is 1.42. The van der Waals surface area contributed by atoms with Crippen LogP contribution in [0.4, 0.5) is 0 Å². The van der Waals surface area contributed by atoms with E-state index in [0.717, 1.165) is 32.1 Å². The van der Waals surface area contributed by atoms with Crippen LogP contribution in [0.1, 0.15) is 59.8 Å². The van der Waals surface area contributed by atoms with Crippen LogP contribution in [-0.2, 0) is 9.59 Å². The van der Waals surface area contributed by atoms with E-state index >= 15 is 0 Å². The van der Waals surface area contributed by atoms with Crippen molar-refractivity contribution in [2.24, 2.45) is 28.6 Å². The van der Waals surface area contributed by atoms with Crippen molar-refractivity contribution in [1.29, 1.82) is 0 Å². The molecule has 2 saturated carbocycles. The molecule has 4 rings (SSSR count). The Bertz CT molecular complexity index is 744. The highest BCUT2D eigenvalue weighted by Gasteiger charge is 2.59. The molecule has 0 bridgehead atoms. The maximum atomic E-state index is 12.0. The van der Waals surface area contributed by atoms with Gasteiger partial charge >= 0.3 is 0 Å². The number of nitrogens with one attached hydrogen (secondary N) is 2. The second kappa shape index (κ2) is 6.72. The molecule has 4 aliphatic rings. The third-order valence-corrected chi connectivity index (χ3v) is 8.36. The van der Waals surface area contributed by atoms with Gasteiger partial charge in [-0.3, -0.25) is 9.59 Å². The molecule has 0 spiro atoms. The minimum atomic E-state index is -0.391. The van der Waals surface area contributed by atoms with Gasteiger partial charge in [0.25, 0.3) is 0 Å². The van der Waals surface area contributed by atoms with E-state index in [1.54, 1.807) is 13.8 Å². The number of hydrogen-bond donors (Lipinski definition) is 3. The Kier molecular flexibility index (Phi) is 4.72. The van der Waals surface area contributed by atoms with E-state index in [9.17, 15) is 14.7 Å². The van der Waals surface area contributed by atoms with Crippen molar-refractivity contribution in [3.8, 4) is 0 Å². The van der Waals surface area contributed by atoms with Gasteiger partial charge in [-0.2, -0.15) is 0 Å². The third kappa shape index (κ3) is 2.94. The molecule has 2 amide bonds. The molecule has 0 aromatic heterocycles. The fourth-order valence-electron chi connectivity index (χ4n) is 6.99. The zero-order chi connectivity index (χ0) is 20.3. The molecule has 2 fully saturated rings. The van der Waals surface area contributed by atoms with E-state index in [4.69, 9.17) is 0 Å². The molecule has 0 aromatic carbocycles. The fourth-order valence-corrected chi connectivity index (χ4v) is 6.99. The van der Waals surface area contributed by atoms with Crippen LogP contribution in [0, 0.1) is 28.6 Å². The first-order valence-corrected chi connectivity index (χ1v) is 10.8. The summed E-state index contributed by atoms with van der Waals surface area (Å²) in [6.45, 7) is 7.83. The lowest BCUT2D eigenvalue weighted by Crippen LogP contribution is -2.58. The maximum absolute atomic E-state index is 12.0. The van der Waals surface area contributed by atoms with Crippen molar-refractivity contribution in [2.45, 2.75) is 78.0 Å². The standard InChI is InChI=1S/C23H34N2O3/c1-13(26)24-19-12-15-11-16(28)7-9-22(15,3)18-8-10-23(4)17(21(18)19)5-6-20(23)25-14(2)27/h7-9,15-17,19-21,28H,5-6,10-12H2,1-4H3,(H,24,26)(H,25,27)/t15?,16-,17-,19-,20-,21-,22-,23-/m0/s1. The number of aliphatic hydroxyl groups is 1. The largest absolute Gasteiger partial charge is 0.389 e. The number of carbonyl (C=O) groups is 2. The summed E-state index contributed by atoms with van der Waals surface area (Å²) < 4.78 is 0. The Labute approximate surface area is 168 Å². The van der Waals surface area contributed by atoms with Crippen molar-refractivity contribution in [2.75, 3.05) is 0 Å². The Hall–Kier alpha value is -1.62. The summed E-state index contributed by atoms with van der Waals surface area (Å²) in [5, 5.41) is 16.7. The van der Waals surface area contributed by atoms with Gasteiger partial charge in [-0.25, -0.2) is 0 Å². The van der Waals surface area contributed by atoms with Crippen LogP contribution in [0.15, 0.2) is 23.8 Å². The van der Waals surface area contributed by atoms with E-state index in [0.29, 0.717) is 17.8 Å². The van der Waals surface area contributed by atoms with Gasteiger partial charge in [0.2, 0.25) is 11.8 Å². The number of rotatable bonds is 2. The quantitative estimate of drug-likeness (QED) is 0.639. The molecule has 0 saturated heterocycles. The highest BCUT2D eigenvalue weighted by Crippen LogP contribution is 2.63. The van der Waals surface area contributed by atoms with Crippen LogP contribution in [0.3, 0.4) is 0 Å². The van der Waals surface area contributed by atoms with Gasteiger partial charge in [-0.15, -0.1) is 0 Å². The van der Waals surface area contributed by atoms with Crippen molar-refractivity contribution < 1.29 is 14.7 Å². The predicted octanol–water partition coefficient (Wildman–Crippen LogP) is 2.71. The summed E-state index contributed by atoms with van der Waals surface area (Å²) in [4.78, 5) is 23.8. The van der Waals surface area contributed by atoms with Gasteiger partial charge in [0.1, 0.15) is 0 Å². The van der Waals surface area contributed by atoms with E-state index < -0.39 is 6.10 Å². The zero-order valence-electron chi connectivity index (χ0n) is 17.5. The molecule has 28 heavy (non-hydrogen) atoms. The maximum Gasteiger partial charge on any atom is 0.217 e. The van der Waals surface area contributed by atoms with Crippen LogP contribution >= 0.6 is 0 Å². The molecule has 8 atom stereocenters. The first-order valence-electron chi connectivity index (χ1n) is 10.8. The minimum Gasteiger partial charge on any atom is -0.389 e. The number of fused-ring (bicyclic) bond motifs is 5. The SMILES string of the molecule is CC(=O)N[C@H]1CC2C[C@@H](O)C=C[C@]2(C)C2=CC[C@]3(C)[C@@H](NC(C)=O)CC[C@H]3[C@@H]21. The second-order valence-corrected chi connectivity index (χ2v) is 10.0. The lowest BCUT2D eigenvalue weighted by molar-refractivity contribution is -0.121. The Morgan fingerprint density at radius 3 is 2.50 bits per heavy atom. The molecule has 0 aliphatic heterocycles. The molecule has 5 heteroatoms. The summed E-state index contributed by atoms with van der Waals surface area (Å²) >= 11 is 0. The van der Waals surface area contributed by atoms with Gasteiger partial charge in [0.15, 0.2) is 0 Å². The predicted molar refractivity (Wildman–Crippen MR) is 108 cm³/mol. The van der Waals surface area contributed by atoms with Gasteiger partial charge in [-0.1, -0.05) is 37.6 Å². The molecular weight excluding hydrogens is 352 g/mol. The Morgan fingerprint density at radius 2 is 1.82 bits per heavy atom. The van der Waals surface area contributed by atoms with Crippen LogP contribution in [0.2, 0.25) is 0 Å². The summed E-state index contributed by atoms with van der Waals surface area (Å²) in [6.07, 6.45) is 10.9. The summed E-state index contributed by atoms with van der Waals surface area (Å²) in [7, 11) is 0. The Morgan fingerprint density at radius 1 is 1.11 bits per heavy atom. The summed E-state index contributed by atoms with van der Waals surface area (Å²) in [5.74, 6) is 1.13. The van der Waals surface area contributed by atoms with Crippen molar-refractivity contribution >= 4 is 11.8 Å². The van der Waals surface area contributed by atoms with Gasteiger partial charge in [0.05, 0.1) is 6.10 Å². The fraction of sp³-hybridized carbons (Fsp3) is 0.739. The van der Waals surface area contributed by atoms with E-state index in [1.807, 2.05) is 6.08 Å². The van der Waals surface area contributed by atoms with Crippen molar-refractivity contribution in [3.05, 3.63) is 23.8 Å². The second-order valence-electron chi connectivity index (χ2n) is 10.0. The molecule has 5 nitrogen and oxygen atoms in total. The Balaban J connectivity index is 1.75. The van der Waals surface area contributed by atoms with E-state index in [2.05, 4.69) is 36.6 Å². The number of aliphatic hydroxyl groups excluding tert-OH is 1. The lowest BCUT2D eigenvalue weighted by Gasteiger charge is -2.57. The number of allylic oxidation sites excluding steroid dienone is 2. The highest BCUT2D eigenvalue weighted by atomic mass is 16.3. The molecule has 0 radical (unpaired) electrons. The third-order valence-electron chi connectivity index (χ3n) is 8.36. The van der Waals surface area contributed by atoms with Crippen LogP contribution in [0.5, 0.6) is 0 Å². The van der Waals surface area contributed by atoms with E-state index in [1.165, 1.54) is 5.57 Å². The smallest absolute Gasteiger partial charge is 0.217 e. The van der Waals surface area contributed by atoms with Gasteiger partial charge < -0.3 is 15.7 Å². The van der Waals surface area contributed by atoms with Crippen LogP contribution in [-0.4, -0.2) is 35.1 Å². The molecule has 3 N–H and O–H groups in total. The van der Waals surface area contributed by atoms with E-state index in [-0.39, 0.29) is 34.7 Å². The molecule has 4 aliphatic carbocycles. The number of carbonyl (C=O) groups excluding carboxylic acids is 2. The average Bonchev–Trinajstić information content (AvgIpc) is 2.92. The molecule has 1 unspecified atom stereocenters. The van der Waals surface area contributed by atoms with Crippen molar-refractivity contribution in [3.63, 3.8) is 0 Å². The van der Waals surface area contributed by atoms with Crippen molar-refractivity contribution in [1.82, 2.24) is 10.6 Å². The summed E-state index contributed by atoms with van der Waals surface area (Å²) in [6, 6.07) is 0.293. The minimum absolute atomic E-state index is 0.0172. The normalized spacial score (nSPS) is 46.7. The van der Waals surface area contributed by atoms with Gasteiger partial charge in [-0.05, 0) is 49.4 Å². The lowest BCUT2D eigenvalue weighted by atomic mass is 9.49. The molecule has 154 valence electrons.